The lowest BCUT2D eigenvalue weighted by atomic mass is 9.81. The highest BCUT2D eigenvalue weighted by molar-refractivity contribution is 6.30. The fourth-order valence-corrected chi connectivity index (χ4v) is 4.27. The van der Waals surface area contributed by atoms with E-state index in [9.17, 15) is 4.79 Å². The number of rotatable bonds is 5. The highest BCUT2D eigenvalue weighted by atomic mass is 35.5. The second-order valence-electron chi connectivity index (χ2n) is 11.1. The summed E-state index contributed by atoms with van der Waals surface area (Å²) in [5, 5.41) is 10.5. The molecule has 2 aromatic heterocycles. The van der Waals surface area contributed by atoms with E-state index in [1.54, 1.807) is 30.5 Å². The zero-order valence-electron chi connectivity index (χ0n) is 19.8. The number of nitrogens with one attached hydrogen (secondary N) is 3. The standard InChI is InChI=1S/C24H34ClN5O/c1-22(2,3)14-24(7,8)29-20-18(23(4,5)6)28-19-17(13-26-30(19)20)21(31)27-16-11-9-15(25)10-12-16/h9-13,26,29H,14H2,1-8H3,(H,27,31). The van der Waals surface area contributed by atoms with Crippen LogP contribution in [-0.2, 0) is 5.41 Å². The molecule has 168 valence electrons. The van der Waals surface area contributed by atoms with Crippen molar-refractivity contribution in [1.29, 1.82) is 0 Å². The Kier molecular flexibility index (Phi) is 5.91. The summed E-state index contributed by atoms with van der Waals surface area (Å²) in [5.74, 6) is 0.668. The fraction of sp³-hybridized carbons (Fsp3) is 0.500. The second kappa shape index (κ2) is 7.90. The number of hydrogen-bond acceptors (Lipinski definition) is 3. The van der Waals surface area contributed by atoms with Gasteiger partial charge in [-0.15, -0.1) is 0 Å². The highest BCUT2D eigenvalue weighted by Gasteiger charge is 2.32. The summed E-state index contributed by atoms with van der Waals surface area (Å²) in [5.41, 5.74) is 2.50. The molecule has 3 N–H and O–H groups in total. The minimum Gasteiger partial charge on any atom is -0.364 e. The molecule has 1 amide bonds. The molecule has 3 rings (SSSR count). The van der Waals surface area contributed by atoms with Crippen molar-refractivity contribution in [1.82, 2.24) is 14.6 Å². The van der Waals surface area contributed by atoms with Crippen molar-refractivity contribution in [3.8, 4) is 0 Å². The Morgan fingerprint density at radius 2 is 1.68 bits per heavy atom. The minimum atomic E-state index is -0.223. The minimum absolute atomic E-state index is 0.162. The molecule has 0 saturated carbocycles. The van der Waals surface area contributed by atoms with E-state index in [4.69, 9.17) is 16.6 Å². The number of aromatic nitrogens is 3. The molecule has 0 saturated heterocycles. The van der Waals surface area contributed by atoms with Gasteiger partial charge in [0.05, 0.1) is 5.69 Å². The lowest BCUT2D eigenvalue weighted by molar-refractivity contribution is 0.102. The first kappa shape index (κ1) is 23.2. The summed E-state index contributed by atoms with van der Waals surface area (Å²) < 4.78 is 1.88. The molecule has 6 nitrogen and oxygen atoms in total. The van der Waals surface area contributed by atoms with E-state index in [0.717, 1.165) is 17.9 Å². The van der Waals surface area contributed by atoms with Gasteiger partial charge in [-0.3, -0.25) is 9.89 Å². The van der Waals surface area contributed by atoms with E-state index in [-0.39, 0.29) is 22.3 Å². The Morgan fingerprint density at radius 1 is 1.06 bits per heavy atom. The number of carbonyl (C=O) groups excluding carboxylic acids is 1. The van der Waals surface area contributed by atoms with Crippen LogP contribution in [-0.4, -0.2) is 26.0 Å². The van der Waals surface area contributed by atoms with Crippen LogP contribution in [0.2, 0.25) is 5.02 Å². The number of carbonyl (C=O) groups is 1. The summed E-state index contributed by atoms with van der Waals surface area (Å²) in [6.07, 6.45) is 2.67. The average Bonchev–Trinajstić information content (AvgIpc) is 3.14. The molecule has 0 radical (unpaired) electrons. The van der Waals surface area contributed by atoms with Gasteiger partial charge in [0.15, 0.2) is 11.5 Å². The topological polar surface area (TPSA) is 74.2 Å². The first-order chi connectivity index (χ1) is 14.2. The third-order valence-corrected chi connectivity index (χ3v) is 5.19. The van der Waals surface area contributed by atoms with Gasteiger partial charge in [0.25, 0.3) is 5.91 Å². The summed E-state index contributed by atoms with van der Waals surface area (Å²) in [7, 11) is 0. The highest BCUT2D eigenvalue weighted by Crippen LogP contribution is 2.35. The van der Waals surface area contributed by atoms with Gasteiger partial charge in [-0.2, -0.15) is 0 Å². The maximum Gasteiger partial charge on any atom is 0.261 e. The normalized spacial score (nSPS) is 12.9. The van der Waals surface area contributed by atoms with Gasteiger partial charge in [0.2, 0.25) is 0 Å². The number of H-pyrrole nitrogens is 1. The molecule has 1 aromatic carbocycles. The first-order valence-corrected chi connectivity index (χ1v) is 11.0. The summed E-state index contributed by atoms with van der Waals surface area (Å²) in [6, 6.07) is 7.04. The molecule has 0 bridgehead atoms. The van der Waals surface area contributed by atoms with Gasteiger partial charge in [0, 0.05) is 27.9 Å². The predicted molar refractivity (Wildman–Crippen MR) is 129 cm³/mol. The van der Waals surface area contributed by atoms with Crippen molar-refractivity contribution < 1.29 is 4.79 Å². The van der Waals surface area contributed by atoms with Crippen LogP contribution >= 0.6 is 11.6 Å². The molecule has 3 aromatic rings. The Bertz CT molecular complexity index is 1080. The number of hydrogen-bond donors (Lipinski definition) is 3. The SMILES string of the molecule is CC(C)(C)CC(C)(C)Nc1c(C(C)(C)C)nc2c(C(=O)Nc3ccc(Cl)cc3)c[nH]n12. The molecule has 31 heavy (non-hydrogen) atoms. The molecule has 0 aliphatic heterocycles. The van der Waals surface area contributed by atoms with Gasteiger partial charge < -0.3 is 10.6 Å². The third-order valence-electron chi connectivity index (χ3n) is 4.94. The Hall–Kier alpha value is -2.47. The first-order valence-electron chi connectivity index (χ1n) is 10.6. The van der Waals surface area contributed by atoms with E-state index in [2.05, 4.69) is 71.1 Å². The van der Waals surface area contributed by atoms with Crippen LogP contribution in [0.1, 0.15) is 77.9 Å². The molecule has 0 fully saturated rings. The summed E-state index contributed by atoms with van der Waals surface area (Å²) in [6.45, 7) is 17.5. The van der Waals surface area contributed by atoms with Gasteiger partial charge in [-0.05, 0) is 49.9 Å². The molecular formula is C24H34ClN5O. The molecule has 0 unspecified atom stereocenters. The van der Waals surface area contributed by atoms with Crippen molar-refractivity contribution in [3.05, 3.63) is 46.7 Å². The van der Waals surface area contributed by atoms with E-state index in [0.29, 0.717) is 21.9 Å². The Balaban J connectivity index is 2.00. The van der Waals surface area contributed by atoms with Crippen molar-refractivity contribution in [2.75, 3.05) is 10.6 Å². The number of halogens is 1. The van der Waals surface area contributed by atoms with Crippen LogP contribution in [0.4, 0.5) is 11.5 Å². The average molecular weight is 444 g/mol. The molecule has 0 aliphatic carbocycles. The molecule has 0 aliphatic rings. The molecular weight excluding hydrogens is 410 g/mol. The van der Waals surface area contributed by atoms with E-state index < -0.39 is 0 Å². The number of amides is 1. The van der Waals surface area contributed by atoms with E-state index >= 15 is 0 Å². The lowest BCUT2D eigenvalue weighted by Crippen LogP contribution is -2.36. The van der Waals surface area contributed by atoms with Crippen LogP contribution in [0.25, 0.3) is 5.65 Å². The number of aromatic amines is 1. The predicted octanol–water partition coefficient (Wildman–Crippen LogP) is 6.49. The zero-order chi connectivity index (χ0) is 23.2. The molecule has 7 heteroatoms. The van der Waals surface area contributed by atoms with Crippen molar-refractivity contribution in [2.45, 2.75) is 72.8 Å². The maximum atomic E-state index is 13.0. The summed E-state index contributed by atoms with van der Waals surface area (Å²) >= 11 is 5.94. The van der Waals surface area contributed by atoms with Gasteiger partial charge in [-0.1, -0.05) is 53.1 Å². The quantitative estimate of drug-likeness (QED) is 0.421. The molecule has 0 atom stereocenters. The largest absolute Gasteiger partial charge is 0.364 e. The number of nitrogens with zero attached hydrogens (tertiary/aromatic N) is 2. The second-order valence-corrected chi connectivity index (χ2v) is 11.5. The van der Waals surface area contributed by atoms with Gasteiger partial charge in [0.1, 0.15) is 5.56 Å². The van der Waals surface area contributed by atoms with E-state index in [1.807, 2.05) is 4.52 Å². The van der Waals surface area contributed by atoms with Crippen LogP contribution in [0.15, 0.2) is 30.5 Å². The Morgan fingerprint density at radius 3 is 2.23 bits per heavy atom. The van der Waals surface area contributed by atoms with Crippen molar-refractivity contribution in [2.24, 2.45) is 5.41 Å². The van der Waals surface area contributed by atoms with Crippen LogP contribution in [0.5, 0.6) is 0 Å². The number of imidazole rings is 1. The van der Waals surface area contributed by atoms with Crippen LogP contribution < -0.4 is 10.6 Å². The van der Waals surface area contributed by atoms with E-state index in [1.165, 1.54) is 0 Å². The molecule has 2 heterocycles. The molecule has 0 spiro atoms. The fourth-order valence-electron chi connectivity index (χ4n) is 4.15. The van der Waals surface area contributed by atoms with Crippen molar-refractivity contribution >= 4 is 34.7 Å². The number of anilines is 2. The Labute approximate surface area is 189 Å². The van der Waals surface area contributed by atoms with Gasteiger partial charge >= 0.3 is 0 Å². The third kappa shape index (κ3) is 5.42. The zero-order valence-corrected chi connectivity index (χ0v) is 20.5. The summed E-state index contributed by atoms with van der Waals surface area (Å²) in [4.78, 5) is 17.9. The van der Waals surface area contributed by atoms with Gasteiger partial charge in [-0.25, -0.2) is 9.50 Å². The van der Waals surface area contributed by atoms with Crippen molar-refractivity contribution in [3.63, 3.8) is 0 Å². The smallest absolute Gasteiger partial charge is 0.261 e. The van der Waals surface area contributed by atoms with Crippen LogP contribution in [0, 0.1) is 5.41 Å². The number of fused-ring (bicyclic) bond motifs is 1. The lowest BCUT2D eigenvalue weighted by Gasteiger charge is -2.34. The number of benzene rings is 1. The maximum absolute atomic E-state index is 13.0. The monoisotopic (exact) mass is 443 g/mol. The van der Waals surface area contributed by atoms with Crippen LogP contribution in [0.3, 0.4) is 0 Å².